The van der Waals surface area contributed by atoms with E-state index in [1.165, 1.54) is 4.90 Å². The molecule has 1 heterocycles. The fourth-order valence-electron chi connectivity index (χ4n) is 3.99. The molecule has 1 amide bonds. The van der Waals surface area contributed by atoms with Crippen LogP contribution >= 0.6 is 0 Å². The number of nitrogens with zero attached hydrogens (tertiary/aromatic N) is 1. The third-order valence-electron chi connectivity index (χ3n) is 5.13. The van der Waals surface area contributed by atoms with Gasteiger partial charge in [-0.1, -0.05) is 12.2 Å². The first-order chi connectivity index (χ1) is 9.80. The Balaban J connectivity index is 1.78. The second kappa shape index (κ2) is 4.83. The van der Waals surface area contributed by atoms with Crippen LogP contribution in [-0.4, -0.2) is 54.9 Å². The van der Waals surface area contributed by atoms with E-state index in [-0.39, 0.29) is 35.3 Å². The van der Waals surface area contributed by atoms with Gasteiger partial charge in [0.25, 0.3) is 0 Å². The minimum Gasteiger partial charge on any atom is -0.481 e. The first kappa shape index (κ1) is 14.6. The highest BCUT2D eigenvalue weighted by atomic mass is 32.2. The van der Waals surface area contributed by atoms with Crippen molar-refractivity contribution in [3.63, 3.8) is 0 Å². The third kappa shape index (κ3) is 2.37. The van der Waals surface area contributed by atoms with Crippen molar-refractivity contribution in [2.45, 2.75) is 18.9 Å². The van der Waals surface area contributed by atoms with Crippen LogP contribution in [0, 0.1) is 23.7 Å². The van der Waals surface area contributed by atoms with Crippen molar-refractivity contribution in [2.75, 3.05) is 18.6 Å². The van der Waals surface area contributed by atoms with Crippen LogP contribution in [0.4, 0.5) is 0 Å². The van der Waals surface area contributed by atoms with E-state index in [2.05, 4.69) is 0 Å². The van der Waals surface area contributed by atoms with Gasteiger partial charge >= 0.3 is 5.97 Å². The number of amides is 1. The summed E-state index contributed by atoms with van der Waals surface area (Å²) in [6.07, 6.45) is 4.99. The Morgan fingerprint density at radius 2 is 1.81 bits per heavy atom. The first-order valence-electron chi connectivity index (χ1n) is 7.18. The summed E-state index contributed by atoms with van der Waals surface area (Å²) in [7, 11) is -1.46. The van der Waals surface area contributed by atoms with Gasteiger partial charge in [0.1, 0.15) is 0 Å². The van der Waals surface area contributed by atoms with Gasteiger partial charge in [0.15, 0.2) is 9.84 Å². The molecule has 2 bridgehead atoms. The van der Waals surface area contributed by atoms with E-state index in [1.807, 2.05) is 12.2 Å². The Kier molecular flexibility index (Phi) is 3.35. The third-order valence-corrected chi connectivity index (χ3v) is 6.88. The number of carbonyl (C=O) groups excluding carboxylic acids is 1. The molecule has 0 aromatic carbocycles. The molecule has 0 aromatic rings. The van der Waals surface area contributed by atoms with Crippen molar-refractivity contribution in [3.8, 4) is 0 Å². The Bertz CT molecular complexity index is 611. The average Bonchev–Trinajstić information content (AvgIpc) is 3.09. The summed E-state index contributed by atoms with van der Waals surface area (Å²) in [5, 5.41) is 9.38. The number of carbonyl (C=O) groups is 2. The zero-order chi connectivity index (χ0) is 15.4. The molecule has 1 N–H and O–H groups in total. The molecular formula is C14H19NO5S. The van der Waals surface area contributed by atoms with Gasteiger partial charge in [-0.05, 0) is 24.7 Å². The highest BCUT2D eigenvalue weighted by Gasteiger charge is 2.53. The Labute approximate surface area is 123 Å². The quantitative estimate of drug-likeness (QED) is 0.749. The van der Waals surface area contributed by atoms with Crippen molar-refractivity contribution < 1.29 is 23.1 Å². The fraction of sp³-hybridized carbons (Fsp3) is 0.714. The van der Waals surface area contributed by atoms with Crippen molar-refractivity contribution >= 4 is 21.7 Å². The van der Waals surface area contributed by atoms with Gasteiger partial charge in [0.05, 0.1) is 23.3 Å². The van der Waals surface area contributed by atoms with E-state index in [1.54, 1.807) is 7.05 Å². The minimum absolute atomic E-state index is 0.0103. The number of sulfone groups is 1. The molecule has 1 saturated carbocycles. The molecule has 1 saturated heterocycles. The summed E-state index contributed by atoms with van der Waals surface area (Å²) in [6, 6.07) is -0.319. The molecule has 5 atom stereocenters. The predicted molar refractivity (Wildman–Crippen MR) is 75.2 cm³/mol. The van der Waals surface area contributed by atoms with Crippen LogP contribution in [0.5, 0.6) is 0 Å². The van der Waals surface area contributed by atoms with Crippen molar-refractivity contribution in [1.29, 1.82) is 0 Å². The second-order valence-electron chi connectivity index (χ2n) is 6.34. The number of aliphatic carboxylic acids is 1. The van der Waals surface area contributed by atoms with Gasteiger partial charge < -0.3 is 10.0 Å². The smallest absolute Gasteiger partial charge is 0.307 e. The van der Waals surface area contributed by atoms with E-state index in [9.17, 15) is 23.1 Å². The van der Waals surface area contributed by atoms with E-state index >= 15 is 0 Å². The van der Waals surface area contributed by atoms with Crippen LogP contribution in [0.2, 0.25) is 0 Å². The van der Waals surface area contributed by atoms with Gasteiger partial charge in [0, 0.05) is 13.1 Å². The maximum absolute atomic E-state index is 12.7. The second-order valence-corrected chi connectivity index (χ2v) is 8.57. The monoisotopic (exact) mass is 313 g/mol. The molecular weight excluding hydrogens is 294 g/mol. The lowest BCUT2D eigenvalue weighted by Gasteiger charge is -2.31. The number of hydrogen-bond donors (Lipinski definition) is 1. The zero-order valence-electron chi connectivity index (χ0n) is 11.8. The zero-order valence-corrected chi connectivity index (χ0v) is 12.6. The van der Waals surface area contributed by atoms with Crippen LogP contribution in [0.3, 0.4) is 0 Å². The van der Waals surface area contributed by atoms with Crippen LogP contribution in [-0.2, 0) is 19.4 Å². The first-order valence-corrected chi connectivity index (χ1v) is 9.00. The molecule has 3 rings (SSSR count). The molecule has 0 spiro atoms. The molecule has 3 aliphatic rings. The minimum atomic E-state index is -3.06. The highest BCUT2D eigenvalue weighted by Crippen LogP contribution is 2.48. The molecule has 7 heteroatoms. The highest BCUT2D eigenvalue weighted by molar-refractivity contribution is 7.91. The molecule has 0 aromatic heterocycles. The van der Waals surface area contributed by atoms with Crippen molar-refractivity contribution in [3.05, 3.63) is 12.2 Å². The number of fused-ring (bicyclic) bond motifs is 2. The Hall–Kier alpha value is -1.37. The number of allylic oxidation sites excluding steroid dienone is 2. The van der Waals surface area contributed by atoms with E-state index < -0.39 is 27.6 Å². The van der Waals surface area contributed by atoms with Gasteiger partial charge in [-0.15, -0.1) is 0 Å². The summed E-state index contributed by atoms with van der Waals surface area (Å²) in [4.78, 5) is 25.6. The standard InChI is InChI=1S/C14H19NO5S/c1-15(10-4-5-21(19,20)7-10)13(16)11-8-2-3-9(6-8)12(11)14(17)18/h2-3,8-12H,4-7H2,1H3,(H,17,18)/t8-,9-,10-,11+,12-/m0/s1. The molecule has 2 aliphatic carbocycles. The lowest BCUT2D eigenvalue weighted by atomic mass is 9.82. The topological polar surface area (TPSA) is 91.8 Å². The lowest BCUT2D eigenvalue weighted by molar-refractivity contribution is -0.151. The molecule has 21 heavy (non-hydrogen) atoms. The normalized spacial score (nSPS) is 39.6. The molecule has 6 nitrogen and oxygen atoms in total. The largest absolute Gasteiger partial charge is 0.481 e. The number of rotatable bonds is 3. The number of carboxylic acids is 1. The summed E-state index contributed by atoms with van der Waals surface area (Å²) >= 11 is 0. The van der Waals surface area contributed by atoms with Crippen LogP contribution in [0.15, 0.2) is 12.2 Å². The predicted octanol–water partition coefficient (Wildman–Crippen LogP) is 0.155. The fourth-order valence-corrected chi connectivity index (χ4v) is 5.77. The number of carboxylic acid groups (broad SMARTS) is 1. The van der Waals surface area contributed by atoms with Crippen LogP contribution in [0.25, 0.3) is 0 Å². The van der Waals surface area contributed by atoms with Crippen molar-refractivity contribution in [1.82, 2.24) is 4.90 Å². The molecule has 1 aliphatic heterocycles. The number of hydrogen-bond acceptors (Lipinski definition) is 4. The van der Waals surface area contributed by atoms with E-state index in [0.717, 1.165) is 0 Å². The molecule has 116 valence electrons. The molecule has 0 unspecified atom stereocenters. The van der Waals surface area contributed by atoms with Crippen LogP contribution in [0.1, 0.15) is 12.8 Å². The van der Waals surface area contributed by atoms with Crippen molar-refractivity contribution in [2.24, 2.45) is 23.7 Å². The summed E-state index contributed by atoms with van der Waals surface area (Å²) in [6.45, 7) is 0. The maximum Gasteiger partial charge on any atom is 0.307 e. The van der Waals surface area contributed by atoms with Gasteiger partial charge in [-0.2, -0.15) is 0 Å². The molecule has 2 fully saturated rings. The summed E-state index contributed by atoms with van der Waals surface area (Å²) < 4.78 is 23.1. The Morgan fingerprint density at radius 3 is 2.33 bits per heavy atom. The lowest BCUT2D eigenvalue weighted by Crippen LogP contribution is -2.46. The molecule has 0 radical (unpaired) electrons. The van der Waals surface area contributed by atoms with Gasteiger partial charge in [-0.3, -0.25) is 9.59 Å². The Morgan fingerprint density at radius 1 is 1.19 bits per heavy atom. The van der Waals surface area contributed by atoms with E-state index in [4.69, 9.17) is 0 Å². The van der Waals surface area contributed by atoms with Gasteiger partial charge in [0.2, 0.25) is 5.91 Å². The average molecular weight is 313 g/mol. The van der Waals surface area contributed by atoms with Gasteiger partial charge in [-0.25, -0.2) is 8.42 Å². The summed E-state index contributed by atoms with van der Waals surface area (Å²) in [5.41, 5.74) is 0. The van der Waals surface area contributed by atoms with E-state index in [0.29, 0.717) is 12.8 Å². The SMILES string of the molecule is CN(C(=O)[C@H]1[C@@H](C(=O)O)[C@H]2C=C[C@H]1C2)[C@H]1CCS(=O)(=O)C1. The van der Waals surface area contributed by atoms with Crippen LogP contribution < -0.4 is 0 Å². The maximum atomic E-state index is 12.7. The summed E-state index contributed by atoms with van der Waals surface area (Å²) in [5.74, 6) is -2.37.